The number of halogens is 1. The van der Waals surface area contributed by atoms with Gasteiger partial charge in [0.2, 0.25) is 0 Å². The Bertz CT molecular complexity index is 402. The molecule has 2 N–H and O–H groups in total. The molecule has 1 rings (SSSR count). The predicted molar refractivity (Wildman–Crippen MR) is 86.1 cm³/mol. The van der Waals surface area contributed by atoms with E-state index < -0.39 is 0 Å². The van der Waals surface area contributed by atoms with Crippen LogP contribution in [0.3, 0.4) is 0 Å². The summed E-state index contributed by atoms with van der Waals surface area (Å²) >= 11 is 6.35. The van der Waals surface area contributed by atoms with Gasteiger partial charge in [0.05, 0.1) is 0 Å². The second kappa shape index (κ2) is 7.16. The van der Waals surface area contributed by atoms with Crippen molar-refractivity contribution in [3.05, 3.63) is 28.8 Å². The van der Waals surface area contributed by atoms with Gasteiger partial charge in [0.15, 0.2) is 0 Å². The van der Waals surface area contributed by atoms with Gasteiger partial charge in [0, 0.05) is 29.8 Å². The summed E-state index contributed by atoms with van der Waals surface area (Å²) in [5, 5.41) is 0.818. The van der Waals surface area contributed by atoms with Crippen molar-refractivity contribution in [3.63, 3.8) is 0 Å². The first-order chi connectivity index (χ1) is 8.81. The first kappa shape index (κ1) is 16.3. The topological polar surface area (TPSA) is 29.3 Å². The van der Waals surface area contributed by atoms with Gasteiger partial charge >= 0.3 is 0 Å². The Morgan fingerprint density at radius 3 is 2.32 bits per heavy atom. The molecule has 0 aliphatic heterocycles. The lowest BCUT2D eigenvalue weighted by Gasteiger charge is -2.29. The molecule has 0 spiro atoms. The highest BCUT2D eigenvalue weighted by atomic mass is 35.5. The fraction of sp³-hybridized carbons (Fsp3) is 0.625. The molecule has 0 saturated carbocycles. The van der Waals surface area contributed by atoms with Gasteiger partial charge in [-0.05, 0) is 50.3 Å². The summed E-state index contributed by atoms with van der Waals surface area (Å²) < 4.78 is 0. The van der Waals surface area contributed by atoms with Crippen molar-refractivity contribution < 1.29 is 0 Å². The molecule has 0 aliphatic carbocycles. The third-order valence-electron chi connectivity index (χ3n) is 3.46. The minimum absolute atomic E-state index is 0.140. The van der Waals surface area contributed by atoms with Crippen LogP contribution in [-0.4, -0.2) is 19.1 Å². The van der Waals surface area contributed by atoms with Crippen LogP contribution in [-0.2, 0) is 6.42 Å². The van der Waals surface area contributed by atoms with Crippen molar-refractivity contribution in [2.24, 2.45) is 11.7 Å². The molecule has 1 aromatic rings. The number of benzene rings is 1. The maximum Gasteiger partial charge on any atom is 0.0459 e. The highest BCUT2D eigenvalue weighted by Crippen LogP contribution is 2.26. The summed E-state index contributed by atoms with van der Waals surface area (Å²) in [7, 11) is 2.13. The minimum Gasteiger partial charge on any atom is -0.372 e. The van der Waals surface area contributed by atoms with Gasteiger partial charge in [0.1, 0.15) is 0 Å². The number of rotatable bonds is 6. The summed E-state index contributed by atoms with van der Waals surface area (Å²) in [6.07, 6.45) is 2.00. The van der Waals surface area contributed by atoms with E-state index in [4.69, 9.17) is 17.3 Å². The summed E-state index contributed by atoms with van der Waals surface area (Å²) in [6.45, 7) is 8.76. The molecule has 2 nitrogen and oxygen atoms in total. The van der Waals surface area contributed by atoms with Crippen LogP contribution in [0, 0.1) is 5.92 Å². The van der Waals surface area contributed by atoms with E-state index >= 15 is 0 Å². The van der Waals surface area contributed by atoms with Crippen molar-refractivity contribution in [3.8, 4) is 0 Å². The molecule has 3 heteroatoms. The molecule has 2 unspecified atom stereocenters. The third-order valence-corrected chi connectivity index (χ3v) is 3.81. The Morgan fingerprint density at radius 1 is 1.21 bits per heavy atom. The quantitative estimate of drug-likeness (QED) is 0.851. The van der Waals surface area contributed by atoms with E-state index in [9.17, 15) is 0 Å². The molecule has 0 fully saturated rings. The lowest BCUT2D eigenvalue weighted by Crippen LogP contribution is -2.30. The van der Waals surface area contributed by atoms with Crippen molar-refractivity contribution in [2.75, 3.05) is 11.9 Å². The maximum atomic E-state index is 6.35. The number of nitrogens with zero attached hydrogens (tertiary/aromatic N) is 1. The smallest absolute Gasteiger partial charge is 0.0459 e. The largest absolute Gasteiger partial charge is 0.372 e. The van der Waals surface area contributed by atoms with Gasteiger partial charge in [-0.1, -0.05) is 31.5 Å². The van der Waals surface area contributed by atoms with Gasteiger partial charge in [-0.2, -0.15) is 0 Å². The fourth-order valence-corrected chi connectivity index (χ4v) is 2.61. The average molecular weight is 283 g/mol. The highest BCUT2D eigenvalue weighted by Gasteiger charge is 2.13. The summed E-state index contributed by atoms with van der Waals surface area (Å²) in [4.78, 5) is 2.29. The van der Waals surface area contributed by atoms with Gasteiger partial charge in [-0.25, -0.2) is 0 Å². The molecule has 19 heavy (non-hydrogen) atoms. The van der Waals surface area contributed by atoms with Crippen molar-refractivity contribution >= 4 is 17.3 Å². The standard InChI is InChI=1S/C16H27ClN2/c1-11(2)8-13(4)19(5)15-7-6-14(9-12(3)18)16(17)10-15/h6-7,10-13H,8-9,18H2,1-5H3. The Hall–Kier alpha value is -0.730. The third kappa shape index (κ3) is 5.04. The van der Waals surface area contributed by atoms with Crippen LogP contribution in [0.2, 0.25) is 5.02 Å². The van der Waals surface area contributed by atoms with E-state index in [-0.39, 0.29) is 6.04 Å². The van der Waals surface area contributed by atoms with Gasteiger partial charge in [-0.15, -0.1) is 0 Å². The first-order valence-corrected chi connectivity index (χ1v) is 7.46. The number of nitrogens with two attached hydrogens (primary N) is 1. The normalized spacial score (nSPS) is 14.5. The highest BCUT2D eigenvalue weighted by molar-refractivity contribution is 6.31. The van der Waals surface area contributed by atoms with Crippen molar-refractivity contribution in [2.45, 2.75) is 52.6 Å². The first-order valence-electron chi connectivity index (χ1n) is 7.08. The molecule has 0 radical (unpaired) electrons. The van der Waals surface area contributed by atoms with E-state index in [1.165, 1.54) is 12.1 Å². The molecule has 0 saturated heterocycles. The zero-order valence-corrected chi connectivity index (χ0v) is 13.5. The van der Waals surface area contributed by atoms with Crippen molar-refractivity contribution in [1.29, 1.82) is 0 Å². The Labute approximate surface area is 122 Å². The molecule has 0 amide bonds. The fourth-order valence-electron chi connectivity index (χ4n) is 2.36. The molecule has 0 aromatic heterocycles. The second-order valence-corrected chi connectivity index (χ2v) is 6.45. The van der Waals surface area contributed by atoms with Gasteiger partial charge in [-0.3, -0.25) is 0 Å². The molecule has 108 valence electrons. The molecular weight excluding hydrogens is 256 g/mol. The Balaban J connectivity index is 2.82. The molecular formula is C16H27ClN2. The molecule has 0 heterocycles. The van der Waals surface area contributed by atoms with Crippen molar-refractivity contribution in [1.82, 2.24) is 0 Å². The van der Waals surface area contributed by atoms with E-state index in [0.29, 0.717) is 12.0 Å². The maximum absolute atomic E-state index is 6.35. The molecule has 1 aromatic carbocycles. The molecule has 0 aliphatic rings. The lowest BCUT2D eigenvalue weighted by atomic mass is 10.0. The van der Waals surface area contributed by atoms with Crippen LogP contribution in [0.1, 0.15) is 39.7 Å². The van der Waals surface area contributed by atoms with Crippen LogP contribution < -0.4 is 10.6 Å². The van der Waals surface area contributed by atoms with Crippen LogP contribution in [0.5, 0.6) is 0 Å². The number of hydrogen-bond donors (Lipinski definition) is 1. The molecule has 0 bridgehead atoms. The van der Waals surface area contributed by atoms with E-state index in [2.05, 4.69) is 50.9 Å². The van der Waals surface area contributed by atoms with E-state index in [0.717, 1.165) is 17.0 Å². The lowest BCUT2D eigenvalue weighted by molar-refractivity contribution is 0.504. The Morgan fingerprint density at radius 2 is 1.84 bits per heavy atom. The summed E-state index contributed by atoms with van der Waals surface area (Å²) in [5.41, 5.74) is 8.13. The van der Waals surface area contributed by atoms with Gasteiger partial charge in [0.25, 0.3) is 0 Å². The summed E-state index contributed by atoms with van der Waals surface area (Å²) in [5.74, 6) is 0.699. The second-order valence-electron chi connectivity index (χ2n) is 6.05. The minimum atomic E-state index is 0.140. The van der Waals surface area contributed by atoms with Crippen LogP contribution in [0.4, 0.5) is 5.69 Å². The Kier molecular flexibility index (Phi) is 6.15. The van der Waals surface area contributed by atoms with E-state index in [1.807, 2.05) is 6.92 Å². The number of anilines is 1. The predicted octanol–water partition coefficient (Wildman–Crippen LogP) is 4.10. The zero-order chi connectivity index (χ0) is 14.6. The number of hydrogen-bond acceptors (Lipinski definition) is 2. The van der Waals surface area contributed by atoms with Gasteiger partial charge < -0.3 is 10.6 Å². The van der Waals surface area contributed by atoms with Crippen LogP contribution in [0.25, 0.3) is 0 Å². The monoisotopic (exact) mass is 282 g/mol. The summed E-state index contributed by atoms with van der Waals surface area (Å²) in [6, 6.07) is 6.94. The van der Waals surface area contributed by atoms with Crippen LogP contribution >= 0.6 is 11.6 Å². The molecule has 2 atom stereocenters. The van der Waals surface area contributed by atoms with Crippen LogP contribution in [0.15, 0.2) is 18.2 Å². The van der Waals surface area contributed by atoms with E-state index in [1.54, 1.807) is 0 Å². The average Bonchev–Trinajstić information content (AvgIpc) is 2.29. The SMILES string of the molecule is CC(C)CC(C)N(C)c1ccc(CC(C)N)c(Cl)c1. The zero-order valence-electron chi connectivity index (χ0n) is 12.8.